The molecule has 1 aromatic carbocycles. The van der Waals surface area contributed by atoms with Crippen molar-refractivity contribution in [1.82, 2.24) is 25.7 Å². The topological polar surface area (TPSA) is 117 Å². The lowest BCUT2D eigenvalue weighted by Crippen LogP contribution is -2.49. The van der Waals surface area contributed by atoms with E-state index in [0.29, 0.717) is 44.5 Å². The number of hydrogen-bond acceptors (Lipinski definition) is 7. The third kappa shape index (κ3) is 7.02. The fraction of sp³-hybridized carbons (Fsp3) is 0.478. The van der Waals surface area contributed by atoms with Crippen molar-refractivity contribution in [1.29, 1.82) is 0 Å². The lowest BCUT2D eigenvalue weighted by atomic mass is 9.93. The number of aromatic nitrogens is 2. The Morgan fingerprint density at radius 2 is 1.94 bits per heavy atom. The zero-order valence-electron chi connectivity index (χ0n) is 19.0. The minimum Gasteiger partial charge on any atom is -0.473 e. The van der Waals surface area contributed by atoms with Gasteiger partial charge in [-0.1, -0.05) is 24.3 Å². The van der Waals surface area contributed by atoms with Gasteiger partial charge in [-0.3, -0.25) is 9.59 Å². The summed E-state index contributed by atoms with van der Waals surface area (Å²) >= 11 is 0. The molecule has 1 aromatic heterocycles. The number of piperidine rings is 1. The summed E-state index contributed by atoms with van der Waals surface area (Å²) < 4.78 is 5.88. The molecule has 0 bridgehead atoms. The van der Waals surface area contributed by atoms with E-state index in [2.05, 4.69) is 33.0 Å². The van der Waals surface area contributed by atoms with Crippen LogP contribution in [0.25, 0.3) is 0 Å². The molecule has 3 heterocycles. The molecular weight excluding hydrogens is 481 g/mol. The molecule has 0 aliphatic carbocycles. The number of rotatable bonds is 6. The maximum absolute atomic E-state index is 12.6. The molecule has 11 heteroatoms. The van der Waals surface area contributed by atoms with Gasteiger partial charge in [0.1, 0.15) is 6.10 Å². The summed E-state index contributed by atoms with van der Waals surface area (Å²) in [6.45, 7) is 3.68. The number of aliphatic hydroxyl groups excluding tert-OH is 1. The van der Waals surface area contributed by atoms with Crippen LogP contribution in [0.5, 0.6) is 5.88 Å². The molecule has 9 nitrogen and oxygen atoms in total. The summed E-state index contributed by atoms with van der Waals surface area (Å²) in [5, 5.41) is 24.5. The fourth-order valence-corrected chi connectivity index (χ4v) is 4.18. The number of amides is 2. The Morgan fingerprint density at radius 3 is 2.65 bits per heavy atom. The van der Waals surface area contributed by atoms with Gasteiger partial charge in [0.15, 0.2) is 0 Å². The molecule has 1 fully saturated rings. The average Bonchev–Trinajstić information content (AvgIpc) is 2.82. The van der Waals surface area contributed by atoms with E-state index in [0.717, 1.165) is 0 Å². The van der Waals surface area contributed by atoms with Gasteiger partial charge in [-0.05, 0) is 17.5 Å². The van der Waals surface area contributed by atoms with Crippen LogP contribution in [-0.4, -0.2) is 69.9 Å². The van der Waals surface area contributed by atoms with Crippen molar-refractivity contribution in [2.45, 2.75) is 51.0 Å². The first kappa shape index (κ1) is 27.8. The number of hydrogen-bond donors (Lipinski definition) is 3. The first-order valence-electron chi connectivity index (χ1n) is 11.0. The van der Waals surface area contributed by atoms with Gasteiger partial charge in [-0.25, -0.2) is 0 Å². The highest BCUT2D eigenvalue weighted by molar-refractivity contribution is 5.94. The molecule has 0 spiro atoms. The van der Waals surface area contributed by atoms with Crippen LogP contribution in [0.1, 0.15) is 41.3 Å². The second-order valence-corrected chi connectivity index (χ2v) is 8.34. The Hall–Kier alpha value is -2.46. The Morgan fingerprint density at radius 1 is 1.24 bits per heavy atom. The van der Waals surface area contributed by atoms with Crippen LogP contribution in [-0.2, 0) is 17.8 Å². The van der Waals surface area contributed by atoms with Crippen LogP contribution in [0.4, 0.5) is 0 Å². The molecule has 0 saturated carbocycles. The van der Waals surface area contributed by atoms with Crippen molar-refractivity contribution in [3.63, 3.8) is 0 Å². The molecule has 3 N–H and O–H groups in total. The maximum atomic E-state index is 12.6. The third-order valence-electron chi connectivity index (χ3n) is 6.12. The summed E-state index contributed by atoms with van der Waals surface area (Å²) in [6.07, 6.45) is 2.72. The maximum Gasteiger partial charge on any atom is 0.253 e. The molecule has 1 unspecified atom stereocenters. The summed E-state index contributed by atoms with van der Waals surface area (Å²) in [5.74, 6) is 0.00756. The van der Waals surface area contributed by atoms with Gasteiger partial charge in [0.05, 0.1) is 17.9 Å². The summed E-state index contributed by atoms with van der Waals surface area (Å²) in [4.78, 5) is 25.8. The fourth-order valence-electron chi connectivity index (χ4n) is 4.18. The average molecular weight is 512 g/mol. The number of ether oxygens (including phenoxy) is 1. The molecule has 2 atom stereocenters. The highest BCUT2D eigenvalue weighted by atomic mass is 35.5. The number of nitrogens with one attached hydrogen (secondary N) is 2. The van der Waals surface area contributed by atoms with E-state index < -0.39 is 6.10 Å². The minimum absolute atomic E-state index is 0. The molecule has 2 aromatic rings. The number of fused-ring (bicyclic) bond motifs is 1. The van der Waals surface area contributed by atoms with Crippen molar-refractivity contribution < 1.29 is 19.4 Å². The Bertz CT molecular complexity index is 972. The van der Waals surface area contributed by atoms with Gasteiger partial charge in [0.2, 0.25) is 11.8 Å². The molecule has 34 heavy (non-hydrogen) atoms. The lowest BCUT2D eigenvalue weighted by molar-refractivity contribution is -0.130. The molecule has 1 saturated heterocycles. The van der Waals surface area contributed by atoms with Crippen molar-refractivity contribution in [3.8, 4) is 5.88 Å². The number of carbonyl (C=O) groups is 2. The smallest absolute Gasteiger partial charge is 0.253 e. The Labute approximate surface area is 211 Å². The standard InChI is InChI=1S/C23H29N5O4.2ClH/c1-15(29)28-8-6-19(7-9-28)32-22-11-18(13-26-27-22)23(31)25-14-21(30)20-10-16-4-2-3-5-17(16)12-24-20;;/h2-5,11,13,19-21,24,30H,6-10,12,14H2,1H3,(H,25,31);2*1H/t20-,21?;;/m0../s1. The van der Waals surface area contributed by atoms with E-state index >= 15 is 0 Å². The molecule has 0 radical (unpaired) electrons. The van der Waals surface area contributed by atoms with E-state index in [4.69, 9.17) is 4.74 Å². The first-order chi connectivity index (χ1) is 15.5. The highest BCUT2D eigenvalue weighted by Crippen LogP contribution is 2.19. The second kappa shape index (κ2) is 12.9. The van der Waals surface area contributed by atoms with Crippen LogP contribution in [0.15, 0.2) is 36.5 Å². The number of nitrogens with zero attached hydrogens (tertiary/aromatic N) is 3. The molecule has 2 aliphatic rings. The van der Waals surface area contributed by atoms with Gasteiger partial charge < -0.3 is 25.4 Å². The van der Waals surface area contributed by atoms with Crippen LogP contribution >= 0.6 is 24.8 Å². The third-order valence-corrected chi connectivity index (χ3v) is 6.12. The Balaban J connectivity index is 0.00000204. The van der Waals surface area contributed by atoms with Gasteiger partial charge in [-0.15, -0.1) is 29.9 Å². The summed E-state index contributed by atoms with van der Waals surface area (Å²) in [6, 6.07) is 9.59. The zero-order valence-corrected chi connectivity index (χ0v) is 20.6. The summed E-state index contributed by atoms with van der Waals surface area (Å²) in [5.41, 5.74) is 2.78. The number of aliphatic hydroxyl groups is 1. The van der Waals surface area contributed by atoms with Crippen LogP contribution in [0.3, 0.4) is 0 Å². The van der Waals surface area contributed by atoms with Crippen molar-refractivity contribution in [2.24, 2.45) is 0 Å². The van der Waals surface area contributed by atoms with E-state index in [1.54, 1.807) is 17.9 Å². The van der Waals surface area contributed by atoms with Crippen LogP contribution in [0.2, 0.25) is 0 Å². The normalized spacial score (nSPS) is 18.5. The minimum atomic E-state index is -0.718. The molecule has 186 valence electrons. The first-order valence-corrected chi connectivity index (χ1v) is 11.0. The van der Waals surface area contributed by atoms with Gasteiger partial charge in [0.25, 0.3) is 5.91 Å². The number of benzene rings is 1. The quantitative estimate of drug-likeness (QED) is 0.538. The van der Waals surface area contributed by atoms with Crippen LogP contribution in [0, 0.1) is 0 Å². The van der Waals surface area contributed by atoms with Gasteiger partial charge in [0, 0.05) is 58.1 Å². The van der Waals surface area contributed by atoms with E-state index in [1.807, 2.05) is 12.1 Å². The molecule has 2 amide bonds. The predicted molar refractivity (Wildman–Crippen MR) is 132 cm³/mol. The molecule has 4 rings (SSSR count). The van der Waals surface area contributed by atoms with Gasteiger partial charge >= 0.3 is 0 Å². The van der Waals surface area contributed by atoms with E-state index in [1.165, 1.54) is 17.3 Å². The predicted octanol–water partition coefficient (Wildman–Crippen LogP) is 1.52. The SMILES string of the molecule is CC(=O)N1CCC(Oc2cc(C(=O)NCC(O)[C@@H]3Cc4ccccc4CN3)cnn2)CC1.Cl.Cl. The van der Waals surface area contributed by atoms with Gasteiger partial charge in [-0.2, -0.15) is 5.10 Å². The van der Waals surface area contributed by atoms with E-state index in [9.17, 15) is 14.7 Å². The highest BCUT2D eigenvalue weighted by Gasteiger charge is 2.25. The van der Waals surface area contributed by atoms with Crippen molar-refractivity contribution in [2.75, 3.05) is 19.6 Å². The molecule has 2 aliphatic heterocycles. The number of likely N-dealkylation sites (tertiary alicyclic amines) is 1. The van der Waals surface area contributed by atoms with Crippen molar-refractivity contribution >= 4 is 36.6 Å². The Kier molecular flexibility index (Phi) is 10.5. The second-order valence-electron chi connectivity index (χ2n) is 8.34. The summed E-state index contributed by atoms with van der Waals surface area (Å²) in [7, 11) is 0. The molecular formula is C23H31Cl2N5O4. The largest absolute Gasteiger partial charge is 0.473 e. The zero-order chi connectivity index (χ0) is 22.5. The van der Waals surface area contributed by atoms with E-state index in [-0.39, 0.29) is 61.2 Å². The van der Waals surface area contributed by atoms with Crippen LogP contribution < -0.4 is 15.4 Å². The van der Waals surface area contributed by atoms with Crippen molar-refractivity contribution in [3.05, 3.63) is 53.2 Å². The lowest BCUT2D eigenvalue weighted by Gasteiger charge is -2.31. The monoisotopic (exact) mass is 511 g/mol. The number of carbonyl (C=O) groups excluding carboxylic acids is 2. The number of halogens is 2.